The van der Waals surface area contributed by atoms with E-state index in [9.17, 15) is 0 Å². The summed E-state index contributed by atoms with van der Waals surface area (Å²) in [6.07, 6.45) is 1.04. The number of hydrogen-bond acceptors (Lipinski definition) is 4. The van der Waals surface area contributed by atoms with Gasteiger partial charge in [-0.3, -0.25) is 9.58 Å². The van der Waals surface area contributed by atoms with E-state index in [4.69, 9.17) is 0 Å². The normalized spacial score (nSPS) is 23.1. The molecule has 2 unspecified atom stereocenters. The summed E-state index contributed by atoms with van der Waals surface area (Å²) in [6, 6.07) is 3.24. The van der Waals surface area contributed by atoms with Crippen LogP contribution in [0.1, 0.15) is 18.3 Å². The van der Waals surface area contributed by atoms with Gasteiger partial charge in [-0.05, 0) is 33.6 Å². The summed E-state index contributed by atoms with van der Waals surface area (Å²) < 4.78 is 2.02. The van der Waals surface area contributed by atoms with Gasteiger partial charge in [-0.1, -0.05) is 6.92 Å². The number of aromatic nitrogens is 2. The van der Waals surface area contributed by atoms with Crippen LogP contribution in [0.4, 0.5) is 0 Å². The van der Waals surface area contributed by atoms with Gasteiger partial charge in [0.25, 0.3) is 0 Å². The Morgan fingerprint density at radius 2 is 2.10 bits per heavy atom. The van der Waals surface area contributed by atoms with E-state index in [1.165, 1.54) is 5.69 Å². The number of nitrogens with one attached hydrogen (secondary N) is 1. The van der Waals surface area contributed by atoms with Gasteiger partial charge in [0, 0.05) is 50.9 Å². The van der Waals surface area contributed by atoms with Crippen LogP contribution >= 0.6 is 0 Å². The summed E-state index contributed by atoms with van der Waals surface area (Å²) >= 11 is 0. The van der Waals surface area contributed by atoms with Gasteiger partial charge in [0.1, 0.15) is 0 Å². The second-order valence-corrected chi connectivity index (χ2v) is 6.08. The third-order valence-electron chi connectivity index (χ3n) is 4.36. The van der Waals surface area contributed by atoms with E-state index in [-0.39, 0.29) is 0 Å². The molecule has 1 aliphatic rings. The molecule has 5 nitrogen and oxygen atoms in total. The molecule has 0 spiro atoms. The fraction of sp³-hybridized carbons (Fsp3) is 0.800. The highest BCUT2D eigenvalue weighted by molar-refractivity contribution is 5.11. The first kappa shape index (κ1) is 15.5. The Kier molecular flexibility index (Phi) is 5.18. The van der Waals surface area contributed by atoms with E-state index in [1.807, 2.05) is 11.7 Å². The number of piperazine rings is 1. The molecule has 0 amide bonds. The van der Waals surface area contributed by atoms with E-state index in [0.717, 1.165) is 38.3 Å². The first-order chi connectivity index (χ1) is 9.51. The predicted molar refractivity (Wildman–Crippen MR) is 83.0 cm³/mol. The number of nitrogens with zero attached hydrogens (tertiary/aromatic N) is 4. The van der Waals surface area contributed by atoms with Crippen LogP contribution in [0.3, 0.4) is 0 Å². The van der Waals surface area contributed by atoms with Crippen molar-refractivity contribution in [2.24, 2.45) is 7.05 Å². The van der Waals surface area contributed by atoms with Gasteiger partial charge in [0.15, 0.2) is 0 Å². The van der Waals surface area contributed by atoms with Crippen molar-refractivity contribution >= 4 is 0 Å². The molecule has 0 aromatic carbocycles. The molecular weight excluding hydrogens is 250 g/mol. The molecule has 2 rings (SSSR count). The van der Waals surface area contributed by atoms with Crippen molar-refractivity contribution < 1.29 is 0 Å². The van der Waals surface area contributed by atoms with Gasteiger partial charge in [0.05, 0.1) is 5.69 Å². The average Bonchev–Trinajstić information content (AvgIpc) is 2.70. The number of aryl methyl sites for hydroxylation is 2. The molecule has 0 saturated carbocycles. The van der Waals surface area contributed by atoms with Crippen LogP contribution in [0, 0.1) is 6.92 Å². The first-order valence-electron chi connectivity index (χ1n) is 7.63. The van der Waals surface area contributed by atoms with Crippen molar-refractivity contribution in [1.29, 1.82) is 0 Å². The lowest BCUT2D eigenvalue weighted by atomic mass is 9.99. The Morgan fingerprint density at radius 1 is 1.35 bits per heavy atom. The fourth-order valence-corrected chi connectivity index (χ4v) is 3.17. The molecule has 1 aliphatic heterocycles. The van der Waals surface area contributed by atoms with Gasteiger partial charge < -0.3 is 10.2 Å². The zero-order valence-corrected chi connectivity index (χ0v) is 13.6. The number of rotatable bonds is 5. The highest BCUT2D eigenvalue weighted by Crippen LogP contribution is 2.15. The molecule has 114 valence electrons. The molecule has 0 radical (unpaired) electrons. The monoisotopic (exact) mass is 279 g/mol. The minimum atomic E-state index is 0.475. The average molecular weight is 279 g/mol. The molecule has 2 atom stereocenters. The third kappa shape index (κ3) is 3.59. The molecule has 20 heavy (non-hydrogen) atoms. The van der Waals surface area contributed by atoms with Crippen molar-refractivity contribution in [3.63, 3.8) is 0 Å². The Bertz CT molecular complexity index is 428. The maximum atomic E-state index is 4.47. The van der Waals surface area contributed by atoms with Gasteiger partial charge in [0.2, 0.25) is 0 Å². The summed E-state index contributed by atoms with van der Waals surface area (Å²) in [4.78, 5) is 4.93. The maximum Gasteiger partial charge on any atom is 0.0596 e. The predicted octanol–water partition coefficient (Wildman–Crippen LogP) is 0.495. The lowest BCUT2D eigenvalue weighted by molar-refractivity contribution is 0.0876. The minimum absolute atomic E-state index is 0.475. The van der Waals surface area contributed by atoms with Crippen LogP contribution in [0.2, 0.25) is 0 Å². The molecule has 1 fully saturated rings. The molecule has 1 N–H and O–H groups in total. The molecule has 5 heteroatoms. The summed E-state index contributed by atoms with van der Waals surface area (Å²) in [5.74, 6) is 0. The van der Waals surface area contributed by atoms with Gasteiger partial charge >= 0.3 is 0 Å². The van der Waals surface area contributed by atoms with E-state index in [2.05, 4.69) is 54.2 Å². The molecule has 1 aromatic heterocycles. The molecule has 0 bridgehead atoms. The van der Waals surface area contributed by atoms with E-state index in [0.29, 0.717) is 12.1 Å². The molecule has 0 aliphatic carbocycles. The van der Waals surface area contributed by atoms with Crippen molar-refractivity contribution in [2.75, 3.05) is 40.3 Å². The number of hydrogen-bond donors (Lipinski definition) is 1. The van der Waals surface area contributed by atoms with E-state index in [1.54, 1.807) is 0 Å². The quantitative estimate of drug-likeness (QED) is 0.851. The molecule has 2 heterocycles. The summed E-state index contributed by atoms with van der Waals surface area (Å²) in [6.45, 7) is 8.70. The Hall–Kier alpha value is -0.910. The molecular formula is C15H29N5. The summed E-state index contributed by atoms with van der Waals surface area (Å²) in [7, 11) is 6.51. The largest absolute Gasteiger partial charge is 0.312 e. The van der Waals surface area contributed by atoms with Crippen LogP contribution in [0.5, 0.6) is 0 Å². The maximum absolute atomic E-state index is 4.47. The van der Waals surface area contributed by atoms with E-state index >= 15 is 0 Å². The van der Waals surface area contributed by atoms with Crippen LogP contribution in [0.25, 0.3) is 0 Å². The Balaban J connectivity index is 2.11. The van der Waals surface area contributed by atoms with Gasteiger partial charge in [-0.2, -0.15) is 5.10 Å². The molecule has 1 saturated heterocycles. The zero-order valence-electron chi connectivity index (χ0n) is 13.6. The van der Waals surface area contributed by atoms with Crippen LogP contribution in [0.15, 0.2) is 6.07 Å². The lowest BCUT2D eigenvalue weighted by Crippen LogP contribution is -2.59. The third-order valence-corrected chi connectivity index (χ3v) is 4.36. The Labute approximate surface area is 122 Å². The van der Waals surface area contributed by atoms with Crippen molar-refractivity contribution in [3.05, 3.63) is 17.5 Å². The topological polar surface area (TPSA) is 36.3 Å². The second-order valence-electron chi connectivity index (χ2n) is 6.08. The van der Waals surface area contributed by atoms with Crippen molar-refractivity contribution in [3.8, 4) is 0 Å². The smallest absolute Gasteiger partial charge is 0.0596 e. The van der Waals surface area contributed by atoms with Crippen LogP contribution in [-0.4, -0.2) is 71.9 Å². The van der Waals surface area contributed by atoms with Crippen LogP contribution < -0.4 is 5.32 Å². The standard InChI is InChI=1S/C15H29N5/c1-6-16-14(10-13-9-12(2)17-20(13)5)15-11-18(3)7-8-19(15)4/h9,14-16H,6-8,10-11H2,1-5H3. The fourth-order valence-electron chi connectivity index (χ4n) is 3.17. The minimum Gasteiger partial charge on any atom is -0.312 e. The zero-order chi connectivity index (χ0) is 14.7. The van der Waals surface area contributed by atoms with E-state index < -0.39 is 0 Å². The highest BCUT2D eigenvalue weighted by Gasteiger charge is 2.30. The number of likely N-dealkylation sites (N-methyl/N-ethyl adjacent to an activating group) is 3. The van der Waals surface area contributed by atoms with Crippen LogP contribution in [-0.2, 0) is 13.5 Å². The molecule has 1 aromatic rings. The van der Waals surface area contributed by atoms with Crippen molar-refractivity contribution in [1.82, 2.24) is 24.9 Å². The van der Waals surface area contributed by atoms with Crippen molar-refractivity contribution in [2.45, 2.75) is 32.4 Å². The summed E-state index contributed by atoms with van der Waals surface area (Å²) in [5, 5.41) is 8.15. The lowest BCUT2D eigenvalue weighted by Gasteiger charge is -2.42. The second kappa shape index (κ2) is 6.70. The highest BCUT2D eigenvalue weighted by atomic mass is 15.3. The summed E-state index contributed by atoms with van der Waals surface area (Å²) in [5.41, 5.74) is 2.42. The SMILES string of the molecule is CCNC(Cc1cc(C)nn1C)C1CN(C)CCN1C. The Morgan fingerprint density at radius 3 is 2.70 bits per heavy atom. The van der Waals surface area contributed by atoms with Gasteiger partial charge in [-0.15, -0.1) is 0 Å². The first-order valence-corrected chi connectivity index (χ1v) is 7.63. The van der Waals surface area contributed by atoms with Gasteiger partial charge in [-0.25, -0.2) is 0 Å².